The minimum absolute atomic E-state index is 0.172. The third kappa shape index (κ3) is 5.55. The molecule has 0 amide bonds. The summed E-state index contributed by atoms with van der Waals surface area (Å²) in [4.78, 5) is 24.2. The smallest absolute Gasteiger partial charge is 0.308 e. The molecular formula is C28H42O4. The minimum Gasteiger partial charge on any atom is -0.487 e. The molecule has 0 spiro atoms. The molecule has 1 aliphatic carbocycles. The largest absolute Gasteiger partial charge is 0.487 e. The fourth-order valence-electron chi connectivity index (χ4n) is 5.74. The van der Waals surface area contributed by atoms with Crippen LogP contribution in [0.5, 0.6) is 11.5 Å². The maximum atomic E-state index is 12.2. The second-order valence-corrected chi connectivity index (χ2v) is 10.7. The van der Waals surface area contributed by atoms with Crippen molar-refractivity contribution in [3.05, 3.63) is 23.3 Å². The lowest BCUT2D eigenvalue weighted by Crippen LogP contribution is -2.44. The van der Waals surface area contributed by atoms with Crippen LogP contribution in [-0.2, 0) is 9.59 Å². The first-order valence-corrected chi connectivity index (χ1v) is 12.7. The fraction of sp³-hybridized carbons (Fsp3) is 0.714. The van der Waals surface area contributed by atoms with E-state index in [1.165, 1.54) is 44.6 Å². The van der Waals surface area contributed by atoms with Gasteiger partial charge in [0.2, 0.25) is 0 Å². The monoisotopic (exact) mass is 442 g/mol. The van der Waals surface area contributed by atoms with E-state index in [-0.39, 0.29) is 23.4 Å². The van der Waals surface area contributed by atoms with Crippen LogP contribution in [-0.4, -0.2) is 17.4 Å². The van der Waals surface area contributed by atoms with Gasteiger partial charge in [0.25, 0.3) is 0 Å². The highest BCUT2D eigenvalue weighted by Crippen LogP contribution is 2.54. The molecule has 1 fully saturated rings. The Hall–Kier alpha value is -1.84. The molecule has 0 saturated heterocycles. The third-order valence-corrected chi connectivity index (χ3v) is 7.86. The standard InChI is InChI=1S/C28H42O4/c1-7-8-9-10-11-18(2)19(3)21-16-25(31-20(4)29)27-23-14-12-22(30)13-15-24(23)28(5,6)32-26(27)17-21/h16-19,23-24H,7-15H2,1-6H3/t18?,19?,23-,24-/m1/s1. The van der Waals surface area contributed by atoms with E-state index in [0.29, 0.717) is 36.2 Å². The number of ketones is 1. The number of hydrogen-bond donors (Lipinski definition) is 0. The lowest BCUT2D eigenvalue weighted by atomic mass is 9.71. The zero-order valence-corrected chi connectivity index (χ0v) is 21.0. The number of esters is 1. The first kappa shape index (κ1) is 24.8. The van der Waals surface area contributed by atoms with Crippen molar-refractivity contribution in [3.8, 4) is 11.5 Å². The highest BCUT2D eigenvalue weighted by molar-refractivity contribution is 5.79. The summed E-state index contributed by atoms with van der Waals surface area (Å²) in [5, 5.41) is 0. The van der Waals surface area contributed by atoms with Gasteiger partial charge in [-0.15, -0.1) is 0 Å². The Morgan fingerprint density at radius 3 is 2.56 bits per heavy atom. The zero-order chi connectivity index (χ0) is 23.5. The van der Waals surface area contributed by atoms with Gasteiger partial charge < -0.3 is 9.47 Å². The molecule has 3 rings (SSSR count). The molecule has 0 bridgehead atoms. The van der Waals surface area contributed by atoms with Gasteiger partial charge in [-0.2, -0.15) is 0 Å². The predicted octanol–water partition coefficient (Wildman–Crippen LogP) is 7.34. The number of carbonyl (C=O) groups is 2. The maximum absolute atomic E-state index is 12.2. The summed E-state index contributed by atoms with van der Waals surface area (Å²) in [5.41, 5.74) is 1.80. The molecule has 178 valence electrons. The summed E-state index contributed by atoms with van der Waals surface area (Å²) in [6.45, 7) is 12.6. The van der Waals surface area contributed by atoms with Crippen LogP contribution in [0.2, 0.25) is 0 Å². The second-order valence-electron chi connectivity index (χ2n) is 10.7. The van der Waals surface area contributed by atoms with Crippen molar-refractivity contribution < 1.29 is 19.1 Å². The van der Waals surface area contributed by atoms with Crippen LogP contribution in [0, 0.1) is 11.8 Å². The summed E-state index contributed by atoms with van der Waals surface area (Å²) >= 11 is 0. The first-order valence-electron chi connectivity index (χ1n) is 12.7. The van der Waals surface area contributed by atoms with Gasteiger partial charge in [0.15, 0.2) is 0 Å². The molecular weight excluding hydrogens is 400 g/mol. The van der Waals surface area contributed by atoms with E-state index in [0.717, 1.165) is 24.2 Å². The van der Waals surface area contributed by atoms with E-state index >= 15 is 0 Å². The third-order valence-electron chi connectivity index (χ3n) is 7.86. The van der Waals surface area contributed by atoms with Gasteiger partial charge >= 0.3 is 5.97 Å². The summed E-state index contributed by atoms with van der Waals surface area (Å²) in [5.74, 6) is 2.77. The van der Waals surface area contributed by atoms with E-state index in [9.17, 15) is 9.59 Å². The van der Waals surface area contributed by atoms with Gasteiger partial charge in [-0.25, -0.2) is 0 Å². The number of unbranched alkanes of at least 4 members (excludes halogenated alkanes) is 3. The molecule has 2 aliphatic rings. The lowest BCUT2D eigenvalue weighted by molar-refractivity contribution is -0.132. The van der Waals surface area contributed by atoms with Crippen LogP contribution < -0.4 is 9.47 Å². The molecule has 0 aromatic heterocycles. The Morgan fingerprint density at radius 1 is 1.16 bits per heavy atom. The van der Waals surface area contributed by atoms with Gasteiger partial charge in [-0.05, 0) is 62.1 Å². The van der Waals surface area contributed by atoms with Gasteiger partial charge in [0.05, 0.1) is 0 Å². The molecule has 2 unspecified atom stereocenters. The molecule has 4 nitrogen and oxygen atoms in total. The quantitative estimate of drug-likeness (QED) is 0.240. The molecule has 1 heterocycles. The molecule has 4 atom stereocenters. The summed E-state index contributed by atoms with van der Waals surface area (Å²) in [6, 6.07) is 4.25. The Balaban J connectivity index is 1.97. The first-order chi connectivity index (χ1) is 15.1. The molecule has 1 aromatic rings. The van der Waals surface area contributed by atoms with Crippen LogP contribution in [0.1, 0.15) is 122 Å². The van der Waals surface area contributed by atoms with E-state index in [1.54, 1.807) is 0 Å². The Morgan fingerprint density at radius 2 is 1.88 bits per heavy atom. The van der Waals surface area contributed by atoms with E-state index in [4.69, 9.17) is 9.47 Å². The topological polar surface area (TPSA) is 52.6 Å². The van der Waals surface area contributed by atoms with Crippen molar-refractivity contribution in [1.82, 2.24) is 0 Å². The summed E-state index contributed by atoms with van der Waals surface area (Å²) < 4.78 is 12.4. The molecule has 0 N–H and O–H groups in total. The fourth-order valence-corrected chi connectivity index (χ4v) is 5.74. The second kappa shape index (κ2) is 10.4. The summed E-state index contributed by atoms with van der Waals surface area (Å²) in [7, 11) is 0. The normalized spacial score (nSPS) is 23.9. The molecule has 4 heteroatoms. The zero-order valence-electron chi connectivity index (χ0n) is 21.0. The molecule has 1 aromatic carbocycles. The van der Waals surface area contributed by atoms with Crippen molar-refractivity contribution >= 4 is 11.8 Å². The van der Waals surface area contributed by atoms with Crippen LogP contribution in [0.25, 0.3) is 0 Å². The van der Waals surface area contributed by atoms with Crippen LogP contribution in [0.15, 0.2) is 12.1 Å². The highest BCUT2D eigenvalue weighted by atomic mass is 16.5. The van der Waals surface area contributed by atoms with Gasteiger partial charge in [-0.1, -0.05) is 52.9 Å². The number of ether oxygens (including phenoxy) is 2. The maximum Gasteiger partial charge on any atom is 0.308 e. The van der Waals surface area contributed by atoms with Crippen molar-refractivity contribution in [2.45, 2.75) is 117 Å². The van der Waals surface area contributed by atoms with Gasteiger partial charge in [0, 0.05) is 31.2 Å². The van der Waals surface area contributed by atoms with E-state index in [1.807, 2.05) is 0 Å². The van der Waals surface area contributed by atoms with Crippen LogP contribution in [0.4, 0.5) is 0 Å². The molecule has 1 saturated carbocycles. The Kier molecular flexibility index (Phi) is 8.06. The van der Waals surface area contributed by atoms with Crippen LogP contribution >= 0.6 is 0 Å². The van der Waals surface area contributed by atoms with Gasteiger partial charge in [0.1, 0.15) is 22.9 Å². The number of Topliss-reactive ketones (excluding diaryl/α,β-unsaturated/α-hetero) is 1. The average Bonchev–Trinajstić information content (AvgIpc) is 2.92. The Labute approximate surface area is 194 Å². The predicted molar refractivity (Wildman–Crippen MR) is 129 cm³/mol. The van der Waals surface area contributed by atoms with Crippen LogP contribution in [0.3, 0.4) is 0 Å². The molecule has 1 aliphatic heterocycles. The van der Waals surface area contributed by atoms with Crippen molar-refractivity contribution in [2.24, 2.45) is 11.8 Å². The molecule has 32 heavy (non-hydrogen) atoms. The highest BCUT2D eigenvalue weighted by Gasteiger charge is 2.46. The number of fused-ring (bicyclic) bond motifs is 3. The summed E-state index contributed by atoms with van der Waals surface area (Å²) in [6.07, 6.45) is 9.09. The van der Waals surface area contributed by atoms with Gasteiger partial charge in [-0.3, -0.25) is 9.59 Å². The van der Waals surface area contributed by atoms with E-state index in [2.05, 4.69) is 46.8 Å². The van der Waals surface area contributed by atoms with Crippen molar-refractivity contribution in [3.63, 3.8) is 0 Å². The average molecular weight is 443 g/mol. The number of benzene rings is 1. The minimum atomic E-state index is -0.358. The lowest BCUT2D eigenvalue weighted by Gasteiger charge is -2.45. The number of carbonyl (C=O) groups excluding carboxylic acids is 2. The van der Waals surface area contributed by atoms with Crippen molar-refractivity contribution in [2.75, 3.05) is 0 Å². The SMILES string of the molecule is CCCCCCC(C)C(C)c1cc(OC(C)=O)c2c(c1)OC(C)(C)[C@@H]1CCC(=O)CC[C@@H]21. The Bertz CT molecular complexity index is 825. The van der Waals surface area contributed by atoms with E-state index < -0.39 is 0 Å². The van der Waals surface area contributed by atoms with Crippen molar-refractivity contribution in [1.29, 1.82) is 0 Å². The molecule has 0 radical (unpaired) electrons. The number of hydrogen-bond acceptors (Lipinski definition) is 4. The number of rotatable bonds is 8.